The molecule has 1 fully saturated rings. The number of hydrogen-bond acceptors (Lipinski definition) is 2. The van der Waals surface area contributed by atoms with Gasteiger partial charge in [0.1, 0.15) is 5.82 Å². The predicted octanol–water partition coefficient (Wildman–Crippen LogP) is 3.90. The molecule has 1 aliphatic rings. The van der Waals surface area contributed by atoms with Gasteiger partial charge in [-0.25, -0.2) is 4.39 Å². The molecule has 0 amide bonds. The normalized spacial score (nSPS) is 27.4. The second-order valence-electron chi connectivity index (χ2n) is 5.90. The molecule has 104 valence electrons. The van der Waals surface area contributed by atoms with Crippen molar-refractivity contribution in [2.75, 3.05) is 11.4 Å². The fraction of sp³-hybridized carbons (Fsp3) is 0.562. The molecule has 1 aliphatic heterocycles. The molecule has 3 heteroatoms. The highest BCUT2D eigenvalue weighted by Crippen LogP contribution is 2.34. The summed E-state index contributed by atoms with van der Waals surface area (Å²) >= 11 is 0. The molecule has 0 radical (unpaired) electrons. The number of carbonyl (C=O) groups excluding carboxylic acids is 1. The van der Waals surface area contributed by atoms with Gasteiger partial charge in [-0.05, 0) is 44.2 Å². The molecule has 3 atom stereocenters. The first-order chi connectivity index (χ1) is 8.91. The van der Waals surface area contributed by atoms with Crippen molar-refractivity contribution in [2.24, 2.45) is 11.8 Å². The summed E-state index contributed by atoms with van der Waals surface area (Å²) in [6.07, 6.45) is 1.18. The lowest BCUT2D eigenvalue weighted by Gasteiger charge is -2.43. The van der Waals surface area contributed by atoms with Crippen LogP contribution < -0.4 is 4.90 Å². The van der Waals surface area contributed by atoms with Crippen LogP contribution in [0.1, 0.15) is 44.5 Å². The van der Waals surface area contributed by atoms with Gasteiger partial charge in [0, 0.05) is 12.6 Å². The minimum absolute atomic E-state index is 0.203. The molecule has 1 aromatic rings. The summed E-state index contributed by atoms with van der Waals surface area (Å²) in [7, 11) is 0. The van der Waals surface area contributed by atoms with Gasteiger partial charge < -0.3 is 4.90 Å². The number of carbonyl (C=O) groups is 1. The fourth-order valence-corrected chi connectivity index (χ4v) is 3.13. The summed E-state index contributed by atoms with van der Waals surface area (Å²) in [5, 5.41) is 0. The van der Waals surface area contributed by atoms with Gasteiger partial charge in [0.2, 0.25) is 0 Å². The van der Waals surface area contributed by atoms with Gasteiger partial charge in [0.25, 0.3) is 0 Å². The van der Waals surface area contributed by atoms with E-state index >= 15 is 0 Å². The van der Waals surface area contributed by atoms with Crippen LogP contribution >= 0.6 is 0 Å². The maximum atomic E-state index is 13.9. The zero-order valence-corrected chi connectivity index (χ0v) is 12.1. The van der Waals surface area contributed by atoms with Crippen LogP contribution in [0.15, 0.2) is 18.2 Å². The Bertz CT molecular complexity index is 486. The molecular formula is C16H22FNO. The zero-order chi connectivity index (χ0) is 14.2. The fourth-order valence-electron chi connectivity index (χ4n) is 3.13. The van der Waals surface area contributed by atoms with Gasteiger partial charge >= 0.3 is 0 Å². The second kappa shape index (κ2) is 5.32. The van der Waals surface area contributed by atoms with E-state index in [-0.39, 0.29) is 11.3 Å². The number of Topliss-reactive ketones (excluding diaryl/α,β-unsaturated/α-hetero) is 1. The van der Waals surface area contributed by atoms with E-state index in [2.05, 4.69) is 25.7 Å². The third kappa shape index (κ3) is 2.65. The lowest BCUT2D eigenvalue weighted by Crippen LogP contribution is -2.46. The average Bonchev–Trinajstić information content (AvgIpc) is 2.33. The van der Waals surface area contributed by atoms with Gasteiger partial charge in [-0.2, -0.15) is 0 Å². The molecular weight excluding hydrogens is 241 g/mol. The molecule has 19 heavy (non-hydrogen) atoms. The highest BCUT2D eigenvalue weighted by atomic mass is 19.1. The summed E-state index contributed by atoms with van der Waals surface area (Å²) in [5.74, 6) is 0.496. The molecule has 1 heterocycles. The zero-order valence-electron chi connectivity index (χ0n) is 12.1. The second-order valence-corrected chi connectivity index (χ2v) is 5.90. The Morgan fingerprint density at radius 1 is 1.32 bits per heavy atom. The van der Waals surface area contributed by atoms with Crippen LogP contribution in [0.5, 0.6) is 0 Å². The molecule has 0 aromatic heterocycles. The van der Waals surface area contributed by atoms with Crippen LogP contribution in [0.25, 0.3) is 0 Å². The van der Waals surface area contributed by atoms with Crippen molar-refractivity contribution < 1.29 is 9.18 Å². The van der Waals surface area contributed by atoms with Gasteiger partial charge in [-0.1, -0.05) is 19.9 Å². The SMILES string of the molecule is CC(=O)c1c(F)cccc1N1CC(C)CC(C)C1C. The van der Waals surface area contributed by atoms with Crippen LogP contribution in [0.3, 0.4) is 0 Å². The number of hydrogen-bond donors (Lipinski definition) is 0. The van der Waals surface area contributed by atoms with Crippen molar-refractivity contribution in [3.05, 3.63) is 29.6 Å². The monoisotopic (exact) mass is 263 g/mol. The topological polar surface area (TPSA) is 20.3 Å². The van der Waals surface area contributed by atoms with Gasteiger partial charge in [-0.3, -0.25) is 4.79 Å². The summed E-state index contributed by atoms with van der Waals surface area (Å²) in [6, 6.07) is 5.24. The Labute approximate surface area is 114 Å². The van der Waals surface area contributed by atoms with Crippen molar-refractivity contribution in [2.45, 2.75) is 40.2 Å². The Morgan fingerprint density at radius 3 is 2.63 bits per heavy atom. The van der Waals surface area contributed by atoms with E-state index in [4.69, 9.17) is 0 Å². The average molecular weight is 263 g/mol. The molecule has 1 aromatic carbocycles. The van der Waals surface area contributed by atoms with E-state index < -0.39 is 5.82 Å². The first-order valence-corrected chi connectivity index (χ1v) is 6.98. The maximum absolute atomic E-state index is 13.9. The van der Waals surface area contributed by atoms with Crippen molar-refractivity contribution >= 4 is 11.5 Å². The van der Waals surface area contributed by atoms with Crippen LogP contribution in [0, 0.1) is 17.7 Å². The lowest BCUT2D eigenvalue weighted by molar-refractivity contribution is 0.101. The number of nitrogens with zero attached hydrogens (tertiary/aromatic N) is 1. The minimum atomic E-state index is -0.414. The number of piperidine rings is 1. The smallest absolute Gasteiger partial charge is 0.164 e. The van der Waals surface area contributed by atoms with E-state index in [1.807, 2.05) is 6.07 Å². The number of anilines is 1. The van der Waals surface area contributed by atoms with E-state index in [1.54, 1.807) is 6.07 Å². The number of ketones is 1. The molecule has 1 saturated heterocycles. The molecule has 0 bridgehead atoms. The molecule has 2 rings (SSSR count). The Morgan fingerprint density at radius 2 is 2.00 bits per heavy atom. The Kier molecular flexibility index (Phi) is 3.93. The first kappa shape index (κ1) is 14.0. The molecule has 2 nitrogen and oxygen atoms in total. The minimum Gasteiger partial charge on any atom is -0.368 e. The lowest BCUT2D eigenvalue weighted by atomic mass is 9.85. The molecule has 0 saturated carbocycles. The quantitative estimate of drug-likeness (QED) is 0.754. The third-order valence-corrected chi connectivity index (χ3v) is 4.25. The summed E-state index contributed by atoms with van der Waals surface area (Å²) in [5.41, 5.74) is 0.981. The van der Waals surface area contributed by atoms with Crippen molar-refractivity contribution in [1.82, 2.24) is 0 Å². The highest BCUT2D eigenvalue weighted by Gasteiger charge is 2.31. The van der Waals surface area contributed by atoms with Crippen LogP contribution in [-0.4, -0.2) is 18.4 Å². The van der Waals surface area contributed by atoms with Crippen LogP contribution in [0.2, 0.25) is 0 Å². The standard InChI is InChI=1S/C16H22FNO/c1-10-8-11(2)12(3)18(9-10)15-7-5-6-14(17)16(15)13(4)19/h5-7,10-12H,8-9H2,1-4H3. The van der Waals surface area contributed by atoms with E-state index in [9.17, 15) is 9.18 Å². The molecule has 0 aliphatic carbocycles. The number of halogens is 1. The highest BCUT2D eigenvalue weighted by molar-refractivity contribution is 6.00. The van der Waals surface area contributed by atoms with Crippen LogP contribution in [-0.2, 0) is 0 Å². The summed E-state index contributed by atoms with van der Waals surface area (Å²) in [6.45, 7) is 8.91. The summed E-state index contributed by atoms with van der Waals surface area (Å²) in [4.78, 5) is 13.9. The number of rotatable bonds is 2. The van der Waals surface area contributed by atoms with Crippen LogP contribution in [0.4, 0.5) is 10.1 Å². The van der Waals surface area contributed by atoms with Crippen molar-refractivity contribution in [3.8, 4) is 0 Å². The first-order valence-electron chi connectivity index (χ1n) is 6.98. The molecule has 0 spiro atoms. The van der Waals surface area contributed by atoms with Gasteiger partial charge in [-0.15, -0.1) is 0 Å². The van der Waals surface area contributed by atoms with Gasteiger partial charge in [0.15, 0.2) is 5.78 Å². The summed E-state index contributed by atoms with van der Waals surface area (Å²) < 4.78 is 13.9. The number of benzene rings is 1. The van der Waals surface area contributed by atoms with E-state index in [1.165, 1.54) is 19.4 Å². The molecule has 0 N–H and O–H groups in total. The maximum Gasteiger partial charge on any atom is 0.164 e. The third-order valence-electron chi connectivity index (χ3n) is 4.25. The largest absolute Gasteiger partial charge is 0.368 e. The van der Waals surface area contributed by atoms with Crippen molar-refractivity contribution in [1.29, 1.82) is 0 Å². The van der Waals surface area contributed by atoms with E-state index in [0.717, 1.165) is 12.2 Å². The molecule has 3 unspecified atom stereocenters. The van der Waals surface area contributed by atoms with Crippen molar-refractivity contribution in [3.63, 3.8) is 0 Å². The van der Waals surface area contributed by atoms with Gasteiger partial charge in [0.05, 0.1) is 11.3 Å². The predicted molar refractivity (Wildman–Crippen MR) is 76.2 cm³/mol. The Hall–Kier alpha value is -1.38. The Balaban J connectivity index is 2.46. The van der Waals surface area contributed by atoms with E-state index in [0.29, 0.717) is 17.9 Å².